The minimum Gasteiger partial charge on any atom is -0.207 e. The number of alkyl halides is 3. The standard InChI is InChI=1S/C11H8F4/c1-3-7(2)9-6-8(11(13,14)15)4-5-10(9)12/h1,4-7H,2H3. The van der Waals surface area contributed by atoms with Crippen LogP contribution in [0, 0.1) is 18.2 Å². The summed E-state index contributed by atoms with van der Waals surface area (Å²) in [5.74, 6) is 0.805. The molecule has 1 aromatic rings. The van der Waals surface area contributed by atoms with Gasteiger partial charge in [0.15, 0.2) is 0 Å². The summed E-state index contributed by atoms with van der Waals surface area (Å²) >= 11 is 0. The van der Waals surface area contributed by atoms with Gasteiger partial charge in [-0.15, -0.1) is 6.42 Å². The lowest BCUT2D eigenvalue weighted by molar-refractivity contribution is -0.137. The minimum absolute atomic E-state index is 0.104. The lowest BCUT2D eigenvalue weighted by Gasteiger charge is -2.11. The normalized spacial score (nSPS) is 13.3. The van der Waals surface area contributed by atoms with E-state index in [4.69, 9.17) is 6.42 Å². The minimum atomic E-state index is -4.48. The van der Waals surface area contributed by atoms with Crippen LogP contribution in [0.5, 0.6) is 0 Å². The van der Waals surface area contributed by atoms with Crippen molar-refractivity contribution in [2.45, 2.75) is 19.0 Å². The molecule has 0 nitrogen and oxygen atoms in total. The first kappa shape index (κ1) is 11.6. The Hall–Kier alpha value is -1.50. The SMILES string of the molecule is C#CC(C)c1cc(C(F)(F)F)ccc1F. The third-order valence-corrected chi connectivity index (χ3v) is 2.04. The van der Waals surface area contributed by atoms with Crippen LogP contribution in [0.3, 0.4) is 0 Å². The maximum atomic E-state index is 13.1. The molecule has 1 rings (SSSR count). The molecular formula is C11H8F4. The van der Waals surface area contributed by atoms with Gasteiger partial charge in [0, 0.05) is 11.5 Å². The Labute approximate surface area is 84.9 Å². The Morgan fingerprint density at radius 1 is 1.33 bits per heavy atom. The van der Waals surface area contributed by atoms with Gasteiger partial charge in [0.05, 0.1) is 5.56 Å². The number of benzene rings is 1. The van der Waals surface area contributed by atoms with Crippen LogP contribution in [0.1, 0.15) is 24.0 Å². The second-order valence-corrected chi connectivity index (χ2v) is 3.12. The van der Waals surface area contributed by atoms with Crippen LogP contribution in [-0.4, -0.2) is 0 Å². The van der Waals surface area contributed by atoms with Crippen LogP contribution in [0.2, 0.25) is 0 Å². The summed E-state index contributed by atoms with van der Waals surface area (Å²) in [5.41, 5.74) is -0.992. The number of hydrogen-bond acceptors (Lipinski definition) is 0. The highest BCUT2D eigenvalue weighted by molar-refractivity contribution is 5.32. The third-order valence-electron chi connectivity index (χ3n) is 2.04. The van der Waals surface area contributed by atoms with E-state index in [1.165, 1.54) is 6.92 Å². The molecular weight excluding hydrogens is 208 g/mol. The molecule has 0 fully saturated rings. The molecule has 0 bridgehead atoms. The smallest absolute Gasteiger partial charge is 0.207 e. The summed E-state index contributed by atoms with van der Waals surface area (Å²) in [6, 6.07) is 2.23. The van der Waals surface area contributed by atoms with Crippen molar-refractivity contribution in [3.8, 4) is 12.3 Å². The second kappa shape index (κ2) is 3.93. The van der Waals surface area contributed by atoms with Crippen LogP contribution in [0.15, 0.2) is 18.2 Å². The van der Waals surface area contributed by atoms with Gasteiger partial charge in [-0.25, -0.2) is 4.39 Å². The topological polar surface area (TPSA) is 0 Å². The second-order valence-electron chi connectivity index (χ2n) is 3.12. The molecule has 0 heterocycles. The van der Waals surface area contributed by atoms with E-state index in [1.54, 1.807) is 0 Å². The van der Waals surface area contributed by atoms with E-state index in [2.05, 4.69) is 5.92 Å². The zero-order chi connectivity index (χ0) is 11.6. The number of rotatable bonds is 1. The van der Waals surface area contributed by atoms with E-state index in [1.807, 2.05) is 0 Å². The molecule has 4 heteroatoms. The first-order valence-electron chi connectivity index (χ1n) is 4.19. The quantitative estimate of drug-likeness (QED) is 0.497. The fourth-order valence-corrected chi connectivity index (χ4v) is 1.14. The largest absolute Gasteiger partial charge is 0.416 e. The Morgan fingerprint density at radius 2 is 1.93 bits per heavy atom. The molecule has 0 aliphatic carbocycles. The van der Waals surface area contributed by atoms with Crippen molar-refractivity contribution < 1.29 is 17.6 Å². The van der Waals surface area contributed by atoms with E-state index >= 15 is 0 Å². The highest BCUT2D eigenvalue weighted by Crippen LogP contribution is 2.32. The highest BCUT2D eigenvalue weighted by atomic mass is 19.4. The van der Waals surface area contributed by atoms with Gasteiger partial charge in [-0.05, 0) is 25.1 Å². The van der Waals surface area contributed by atoms with Gasteiger partial charge in [0.2, 0.25) is 0 Å². The average molecular weight is 216 g/mol. The van der Waals surface area contributed by atoms with Crippen molar-refractivity contribution in [2.24, 2.45) is 0 Å². The van der Waals surface area contributed by atoms with Gasteiger partial charge in [-0.3, -0.25) is 0 Å². The van der Waals surface area contributed by atoms with Crippen molar-refractivity contribution in [2.75, 3.05) is 0 Å². The van der Waals surface area contributed by atoms with Crippen molar-refractivity contribution in [1.29, 1.82) is 0 Å². The van der Waals surface area contributed by atoms with Crippen LogP contribution >= 0.6 is 0 Å². The maximum absolute atomic E-state index is 13.1. The first-order chi connectivity index (χ1) is 6.86. The fraction of sp³-hybridized carbons (Fsp3) is 0.273. The zero-order valence-electron chi connectivity index (χ0n) is 7.90. The Balaban J connectivity index is 3.24. The molecule has 1 aromatic carbocycles. The molecule has 80 valence electrons. The molecule has 0 spiro atoms. The molecule has 0 aliphatic heterocycles. The maximum Gasteiger partial charge on any atom is 0.416 e. The van der Waals surface area contributed by atoms with E-state index in [0.717, 1.165) is 12.1 Å². The Bertz CT molecular complexity index is 398. The molecule has 1 unspecified atom stereocenters. The number of terminal acetylenes is 1. The molecule has 0 aromatic heterocycles. The summed E-state index contributed by atoms with van der Waals surface area (Å²) in [5, 5.41) is 0. The molecule has 0 N–H and O–H groups in total. The van der Waals surface area contributed by atoms with Gasteiger partial charge in [-0.1, -0.05) is 5.92 Å². The summed E-state index contributed by atoms with van der Waals surface area (Å²) in [4.78, 5) is 0. The molecule has 0 saturated heterocycles. The van der Waals surface area contributed by atoms with Gasteiger partial charge >= 0.3 is 6.18 Å². The van der Waals surface area contributed by atoms with Gasteiger partial charge in [0.25, 0.3) is 0 Å². The van der Waals surface area contributed by atoms with Crippen molar-refractivity contribution >= 4 is 0 Å². The van der Waals surface area contributed by atoms with Crippen LogP contribution in [0.4, 0.5) is 17.6 Å². The summed E-state index contributed by atoms with van der Waals surface area (Å²) in [6.45, 7) is 1.47. The van der Waals surface area contributed by atoms with Gasteiger partial charge in [-0.2, -0.15) is 13.2 Å². The van der Waals surface area contributed by atoms with Gasteiger partial charge < -0.3 is 0 Å². The molecule has 15 heavy (non-hydrogen) atoms. The molecule has 0 aliphatic rings. The lowest BCUT2D eigenvalue weighted by Crippen LogP contribution is -2.07. The lowest BCUT2D eigenvalue weighted by atomic mass is 9.99. The molecule has 0 amide bonds. The van der Waals surface area contributed by atoms with Crippen LogP contribution in [-0.2, 0) is 6.18 Å². The molecule has 1 atom stereocenters. The molecule has 0 saturated carbocycles. The van der Waals surface area contributed by atoms with Crippen molar-refractivity contribution in [1.82, 2.24) is 0 Å². The van der Waals surface area contributed by atoms with E-state index in [9.17, 15) is 17.6 Å². The van der Waals surface area contributed by atoms with E-state index in [0.29, 0.717) is 6.07 Å². The monoisotopic (exact) mass is 216 g/mol. The van der Waals surface area contributed by atoms with E-state index < -0.39 is 23.5 Å². The van der Waals surface area contributed by atoms with E-state index in [-0.39, 0.29) is 5.56 Å². The van der Waals surface area contributed by atoms with Crippen LogP contribution in [0.25, 0.3) is 0 Å². The predicted molar refractivity (Wildman–Crippen MR) is 48.7 cm³/mol. The highest BCUT2D eigenvalue weighted by Gasteiger charge is 2.31. The number of hydrogen-bond donors (Lipinski definition) is 0. The Morgan fingerprint density at radius 3 is 2.40 bits per heavy atom. The van der Waals surface area contributed by atoms with Crippen molar-refractivity contribution in [3.05, 3.63) is 35.1 Å². The first-order valence-corrected chi connectivity index (χ1v) is 4.19. The Kier molecular flexibility index (Phi) is 3.04. The summed E-state index contributed by atoms with van der Waals surface area (Å²) in [7, 11) is 0. The van der Waals surface area contributed by atoms with Crippen molar-refractivity contribution in [3.63, 3.8) is 0 Å². The third kappa shape index (κ3) is 2.50. The zero-order valence-corrected chi connectivity index (χ0v) is 7.90. The molecule has 0 radical (unpaired) electrons. The average Bonchev–Trinajstić information content (AvgIpc) is 2.15. The van der Waals surface area contributed by atoms with Gasteiger partial charge in [0.1, 0.15) is 5.82 Å². The summed E-state index contributed by atoms with van der Waals surface area (Å²) < 4.78 is 50.0. The predicted octanol–water partition coefficient (Wildman–Crippen LogP) is 3.58. The summed E-state index contributed by atoms with van der Waals surface area (Å²) in [6.07, 6.45) is 0.559. The van der Waals surface area contributed by atoms with Crippen LogP contribution < -0.4 is 0 Å². The number of halogens is 4. The fourth-order valence-electron chi connectivity index (χ4n) is 1.14.